The van der Waals surface area contributed by atoms with E-state index in [1.54, 1.807) is 6.08 Å². The van der Waals surface area contributed by atoms with E-state index in [1.807, 2.05) is 0 Å². The van der Waals surface area contributed by atoms with Gasteiger partial charge in [0.15, 0.2) is 0 Å². The monoisotopic (exact) mass is 275 g/mol. The summed E-state index contributed by atoms with van der Waals surface area (Å²) >= 11 is 0. The van der Waals surface area contributed by atoms with Gasteiger partial charge in [0.25, 0.3) is 0 Å². The summed E-state index contributed by atoms with van der Waals surface area (Å²) in [4.78, 5) is 0. The van der Waals surface area contributed by atoms with Gasteiger partial charge in [-0.05, 0) is 16.4 Å². The van der Waals surface area contributed by atoms with Gasteiger partial charge in [-0.3, -0.25) is 0 Å². The van der Waals surface area contributed by atoms with Crippen molar-refractivity contribution in [1.29, 1.82) is 0 Å². The highest BCUT2D eigenvalue weighted by Crippen LogP contribution is 2.40. The molecule has 2 nitrogen and oxygen atoms in total. The third kappa shape index (κ3) is 3.86. The van der Waals surface area contributed by atoms with E-state index in [-0.39, 0.29) is 10.8 Å². The highest BCUT2D eigenvalue weighted by Gasteiger charge is 2.27. The highest BCUT2D eigenvalue weighted by atomic mass is 16.5. The first-order valence-corrected chi connectivity index (χ1v) is 7.23. The molecule has 0 spiro atoms. The minimum Gasteiger partial charge on any atom is -0.489 e. The van der Waals surface area contributed by atoms with Gasteiger partial charge in [0.05, 0.1) is 0 Å². The Morgan fingerprint density at radius 3 is 1.80 bits per heavy atom. The van der Waals surface area contributed by atoms with Crippen molar-refractivity contribution in [2.24, 2.45) is 5.73 Å². The van der Waals surface area contributed by atoms with Gasteiger partial charge in [-0.25, -0.2) is 0 Å². The van der Waals surface area contributed by atoms with E-state index in [0.29, 0.717) is 13.2 Å². The molecule has 112 valence electrons. The number of rotatable bonds is 4. The molecule has 2 heteroatoms. The van der Waals surface area contributed by atoms with Gasteiger partial charge in [-0.2, -0.15) is 0 Å². The van der Waals surface area contributed by atoms with Gasteiger partial charge in [-0.1, -0.05) is 66.3 Å². The van der Waals surface area contributed by atoms with Gasteiger partial charge < -0.3 is 10.5 Å². The molecular weight excluding hydrogens is 246 g/mol. The first kappa shape index (κ1) is 16.8. The number of ether oxygens (including phenoxy) is 1. The fourth-order valence-electron chi connectivity index (χ4n) is 2.22. The van der Waals surface area contributed by atoms with E-state index in [0.717, 1.165) is 11.3 Å². The van der Waals surface area contributed by atoms with Crippen LogP contribution >= 0.6 is 0 Å². The molecule has 0 aromatic heterocycles. The molecule has 2 N–H and O–H groups in total. The molecule has 0 heterocycles. The van der Waals surface area contributed by atoms with E-state index >= 15 is 0 Å². The maximum Gasteiger partial charge on any atom is 0.127 e. The van der Waals surface area contributed by atoms with Crippen molar-refractivity contribution in [1.82, 2.24) is 0 Å². The van der Waals surface area contributed by atoms with E-state index in [4.69, 9.17) is 10.5 Å². The number of hydrogen-bond donors (Lipinski definition) is 1. The normalized spacial score (nSPS) is 12.3. The minimum atomic E-state index is 0.0156. The van der Waals surface area contributed by atoms with Gasteiger partial charge in [-0.15, -0.1) is 0 Å². The van der Waals surface area contributed by atoms with Crippen LogP contribution < -0.4 is 10.5 Å². The Labute approximate surface area is 124 Å². The van der Waals surface area contributed by atoms with Crippen LogP contribution in [0.3, 0.4) is 0 Å². The molecule has 0 bridgehead atoms. The van der Waals surface area contributed by atoms with Gasteiger partial charge in [0, 0.05) is 17.7 Å². The van der Waals surface area contributed by atoms with Crippen LogP contribution in [0.5, 0.6) is 5.75 Å². The zero-order chi connectivity index (χ0) is 15.6. The zero-order valence-electron chi connectivity index (χ0n) is 13.8. The first-order valence-electron chi connectivity index (χ1n) is 7.23. The maximum atomic E-state index is 6.01. The zero-order valence-corrected chi connectivity index (χ0v) is 13.8. The lowest BCUT2D eigenvalue weighted by atomic mass is 9.78. The first-order chi connectivity index (χ1) is 9.11. The summed E-state index contributed by atoms with van der Waals surface area (Å²) in [6, 6.07) is 4.35. The molecule has 1 aromatic rings. The van der Waals surface area contributed by atoms with Gasteiger partial charge in [0.1, 0.15) is 12.4 Å². The largest absolute Gasteiger partial charge is 0.489 e. The second-order valence-electron chi connectivity index (χ2n) is 7.32. The Morgan fingerprint density at radius 2 is 1.50 bits per heavy atom. The fourth-order valence-corrected chi connectivity index (χ4v) is 2.22. The Hall–Kier alpha value is -1.28. The fraction of sp³-hybridized carbons (Fsp3) is 0.556. The summed E-state index contributed by atoms with van der Waals surface area (Å²) < 4.78 is 6.01. The van der Waals surface area contributed by atoms with E-state index in [1.165, 1.54) is 11.1 Å². The molecule has 0 unspecified atom stereocenters. The Bertz CT molecular complexity index is 440. The smallest absolute Gasteiger partial charge is 0.127 e. The highest BCUT2D eigenvalue weighted by molar-refractivity contribution is 5.51. The molecule has 0 aliphatic heterocycles. The molecule has 1 rings (SSSR count). The molecule has 20 heavy (non-hydrogen) atoms. The van der Waals surface area contributed by atoms with Crippen LogP contribution in [-0.4, -0.2) is 6.61 Å². The lowest BCUT2D eigenvalue weighted by molar-refractivity contribution is 0.339. The number of hydrogen-bond acceptors (Lipinski definition) is 2. The van der Waals surface area contributed by atoms with Crippen LogP contribution in [0.1, 0.15) is 58.2 Å². The average molecular weight is 275 g/mol. The van der Waals surface area contributed by atoms with Crippen molar-refractivity contribution in [3.63, 3.8) is 0 Å². The topological polar surface area (TPSA) is 35.2 Å². The summed E-state index contributed by atoms with van der Waals surface area (Å²) in [6.07, 6.45) is 1.79. The predicted octanol–water partition coefficient (Wildman–Crippen LogP) is 4.31. The van der Waals surface area contributed by atoms with Crippen molar-refractivity contribution in [3.8, 4) is 5.75 Å². The standard InChI is InChI=1S/C18H29NO/c1-8-9-20-16-14(17(2,3)4)10-13(12-19)11-15(16)18(5,6)7/h8,10-11H,1,9,12,19H2,2-7H3. The molecule has 0 aliphatic carbocycles. The van der Waals surface area contributed by atoms with Crippen LogP contribution in [0.15, 0.2) is 24.8 Å². The molecule has 0 amide bonds. The summed E-state index contributed by atoms with van der Waals surface area (Å²) in [5, 5.41) is 0. The molecule has 0 saturated heterocycles. The second kappa shape index (κ2) is 6.01. The molecule has 0 aliphatic rings. The SMILES string of the molecule is C=CCOc1c(C(C)(C)C)cc(CN)cc1C(C)(C)C. The summed E-state index contributed by atoms with van der Waals surface area (Å²) in [6.45, 7) is 18.0. The predicted molar refractivity (Wildman–Crippen MR) is 87.4 cm³/mol. The third-order valence-corrected chi connectivity index (χ3v) is 3.35. The van der Waals surface area contributed by atoms with Crippen molar-refractivity contribution in [2.45, 2.75) is 58.9 Å². The molecular formula is C18H29NO. The van der Waals surface area contributed by atoms with Crippen molar-refractivity contribution >= 4 is 0 Å². The van der Waals surface area contributed by atoms with Gasteiger partial charge >= 0.3 is 0 Å². The quantitative estimate of drug-likeness (QED) is 0.831. The van der Waals surface area contributed by atoms with Crippen molar-refractivity contribution in [3.05, 3.63) is 41.5 Å². The van der Waals surface area contributed by atoms with Crippen LogP contribution in [0, 0.1) is 0 Å². The lowest BCUT2D eigenvalue weighted by Crippen LogP contribution is -2.21. The van der Waals surface area contributed by atoms with Crippen LogP contribution in [0.2, 0.25) is 0 Å². The molecule has 0 radical (unpaired) electrons. The van der Waals surface area contributed by atoms with Crippen LogP contribution in [0.4, 0.5) is 0 Å². The Balaban J connectivity index is 3.58. The van der Waals surface area contributed by atoms with Gasteiger partial charge in [0.2, 0.25) is 0 Å². The van der Waals surface area contributed by atoms with E-state index in [9.17, 15) is 0 Å². The average Bonchev–Trinajstić information content (AvgIpc) is 2.33. The molecule has 0 fully saturated rings. The third-order valence-electron chi connectivity index (χ3n) is 3.35. The molecule has 0 saturated carbocycles. The molecule has 0 atom stereocenters. The Kier molecular flexibility index (Phi) is 5.04. The lowest BCUT2D eigenvalue weighted by Gasteiger charge is -2.30. The number of nitrogens with two attached hydrogens (primary N) is 1. The van der Waals surface area contributed by atoms with Crippen molar-refractivity contribution in [2.75, 3.05) is 6.61 Å². The van der Waals surface area contributed by atoms with E-state index in [2.05, 4.69) is 60.3 Å². The van der Waals surface area contributed by atoms with Crippen molar-refractivity contribution < 1.29 is 4.74 Å². The Morgan fingerprint density at radius 1 is 1.05 bits per heavy atom. The summed E-state index contributed by atoms with van der Waals surface area (Å²) in [7, 11) is 0. The van der Waals surface area contributed by atoms with Crippen LogP contribution in [0.25, 0.3) is 0 Å². The number of benzene rings is 1. The minimum absolute atomic E-state index is 0.0156. The van der Waals surface area contributed by atoms with Crippen LogP contribution in [-0.2, 0) is 17.4 Å². The second-order valence-corrected chi connectivity index (χ2v) is 7.32. The maximum absolute atomic E-state index is 6.01. The van der Waals surface area contributed by atoms with E-state index < -0.39 is 0 Å². The summed E-state index contributed by atoms with van der Waals surface area (Å²) in [5.41, 5.74) is 9.49. The summed E-state index contributed by atoms with van der Waals surface area (Å²) in [5.74, 6) is 0.988. The molecule has 1 aromatic carbocycles.